The number of fused-ring (bicyclic) bond motifs is 1. The molecule has 7 heteroatoms. The molecule has 1 atom stereocenters. The summed E-state index contributed by atoms with van der Waals surface area (Å²) in [6.07, 6.45) is 6.74. The molecule has 4 aromatic rings. The van der Waals surface area contributed by atoms with Gasteiger partial charge in [0.2, 0.25) is 0 Å². The van der Waals surface area contributed by atoms with E-state index in [2.05, 4.69) is 15.4 Å². The van der Waals surface area contributed by atoms with Crippen LogP contribution in [0.15, 0.2) is 59.6 Å². The minimum Gasteiger partial charge on any atom is -0.463 e. The maximum atomic E-state index is 13.1. The maximum Gasteiger partial charge on any atom is 0.252 e. The molecule has 0 radical (unpaired) electrons. The molecule has 7 nitrogen and oxygen atoms in total. The monoisotopic (exact) mass is 375 g/mol. The Morgan fingerprint density at radius 2 is 2.04 bits per heavy atom. The first-order valence-corrected chi connectivity index (χ1v) is 9.17. The molecule has 142 valence electrons. The van der Waals surface area contributed by atoms with E-state index in [-0.39, 0.29) is 18.0 Å². The summed E-state index contributed by atoms with van der Waals surface area (Å²) < 4.78 is 7.31. The number of carbonyl (C=O) groups excluding carboxylic acids is 1. The third-order valence-corrected chi connectivity index (χ3v) is 4.61. The predicted molar refractivity (Wildman–Crippen MR) is 106 cm³/mol. The maximum absolute atomic E-state index is 13.1. The predicted octanol–water partition coefficient (Wildman–Crippen LogP) is 4.16. The molecule has 4 heterocycles. The Balaban J connectivity index is 1.77. The van der Waals surface area contributed by atoms with Gasteiger partial charge in [-0.15, -0.1) is 0 Å². The molecule has 1 unspecified atom stereocenters. The molecule has 0 saturated carbocycles. The summed E-state index contributed by atoms with van der Waals surface area (Å²) >= 11 is 0. The normalized spacial score (nSPS) is 12.4. The first kappa shape index (κ1) is 17.9. The number of amides is 1. The highest BCUT2D eigenvalue weighted by molar-refractivity contribution is 6.06. The van der Waals surface area contributed by atoms with Crippen molar-refractivity contribution in [3.8, 4) is 11.5 Å². The lowest BCUT2D eigenvalue weighted by molar-refractivity contribution is 0.0941. The van der Waals surface area contributed by atoms with E-state index in [1.54, 1.807) is 37.0 Å². The second-order valence-electron chi connectivity index (χ2n) is 6.93. The van der Waals surface area contributed by atoms with E-state index in [4.69, 9.17) is 9.40 Å². The second-order valence-corrected chi connectivity index (χ2v) is 6.93. The van der Waals surface area contributed by atoms with Crippen molar-refractivity contribution in [2.24, 2.45) is 0 Å². The molecule has 1 amide bonds. The highest BCUT2D eigenvalue weighted by Crippen LogP contribution is 2.27. The van der Waals surface area contributed by atoms with Gasteiger partial charge in [-0.05, 0) is 50.6 Å². The van der Waals surface area contributed by atoms with Crippen LogP contribution in [0.4, 0.5) is 0 Å². The SMILES string of the molecule is CC(NC(=O)c1cc(-c2ccco2)nc2c1cnn2C(C)C)c1cccnc1. The van der Waals surface area contributed by atoms with Crippen LogP contribution in [0.2, 0.25) is 0 Å². The van der Waals surface area contributed by atoms with Gasteiger partial charge in [-0.25, -0.2) is 9.67 Å². The minimum atomic E-state index is -0.195. The zero-order valence-corrected chi connectivity index (χ0v) is 16.0. The van der Waals surface area contributed by atoms with E-state index < -0.39 is 0 Å². The molecule has 1 N–H and O–H groups in total. The number of nitrogens with zero attached hydrogens (tertiary/aromatic N) is 4. The van der Waals surface area contributed by atoms with E-state index >= 15 is 0 Å². The third kappa shape index (κ3) is 3.26. The van der Waals surface area contributed by atoms with Crippen molar-refractivity contribution in [2.75, 3.05) is 0 Å². The smallest absolute Gasteiger partial charge is 0.252 e. The van der Waals surface area contributed by atoms with E-state index in [0.29, 0.717) is 28.1 Å². The average molecular weight is 375 g/mol. The topological polar surface area (TPSA) is 85.8 Å². The Labute approximate surface area is 162 Å². The van der Waals surface area contributed by atoms with Crippen LogP contribution >= 0.6 is 0 Å². The van der Waals surface area contributed by atoms with Crippen LogP contribution < -0.4 is 5.32 Å². The molecular weight excluding hydrogens is 354 g/mol. The first-order valence-electron chi connectivity index (χ1n) is 9.17. The highest BCUT2D eigenvalue weighted by Gasteiger charge is 2.20. The lowest BCUT2D eigenvalue weighted by atomic mass is 10.1. The van der Waals surface area contributed by atoms with E-state index in [0.717, 1.165) is 5.56 Å². The summed E-state index contributed by atoms with van der Waals surface area (Å²) in [6.45, 7) is 5.98. The van der Waals surface area contributed by atoms with Gasteiger partial charge in [0.05, 0.1) is 29.5 Å². The molecule has 4 aromatic heterocycles. The van der Waals surface area contributed by atoms with Crippen molar-refractivity contribution in [1.29, 1.82) is 0 Å². The van der Waals surface area contributed by atoms with Crippen molar-refractivity contribution in [3.63, 3.8) is 0 Å². The Kier molecular flexibility index (Phi) is 4.65. The van der Waals surface area contributed by atoms with E-state index in [9.17, 15) is 4.79 Å². The molecule has 4 rings (SSSR count). The molecule has 28 heavy (non-hydrogen) atoms. The lowest BCUT2D eigenvalue weighted by Crippen LogP contribution is -2.27. The summed E-state index contributed by atoms with van der Waals surface area (Å²) in [7, 11) is 0. The quantitative estimate of drug-likeness (QED) is 0.566. The first-order chi connectivity index (χ1) is 13.5. The Hall–Kier alpha value is -3.48. The minimum absolute atomic E-state index is 0.113. The van der Waals surface area contributed by atoms with Gasteiger partial charge in [-0.3, -0.25) is 9.78 Å². The van der Waals surface area contributed by atoms with Gasteiger partial charge in [0, 0.05) is 18.4 Å². The number of rotatable bonds is 5. The van der Waals surface area contributed by atoms with Crippen molar-refractivity contribution < 1.29 is 9.21 Å². The number of nitrogens with one attached hydrogen (secondary N) is 1. The third-order valence-electron chi connectivity index (χ3n) is 4.61. The van der Waals surface area contributed by atoms with Crippen molar-refractivity contribution in [3.05, 3.63) is 66.3 Å². The summed E-state index contributed by atoms with van der Waals surface area (Å²) in [4.78, 5) is 21.9. The molecule has 0 fully saturated rings. The number of furan rings is 1. The van der Waals surface area contributed by atoms with Gasteiger partial charge in [0.25, 0.3) is 5.91 Å². The van der Waals surface area contributed by atoms with Crippen LogP contribution in [0.5, 0.6) is 0 Å². The van der Waals surface area contributed by atoms with Crippen LogP contribution in [0.25, 0.3) is 22.5 Å². The Morgan fingerprint density at radius 1 is 1.18 bits per heavy atom. The molecule has 0 bridgehead atoms. The molecule has 0 aliphatic rings. The number of hydrogen-bond acceptors (Lipinski definition) is 5. The van der Waals surface area contributed by atoms with Gasteiger partial charge in [0.1, 0.15) is 5.69 Å². The standard InChI is InChI=1S/C21H21N5O2/c1-13(2)26-20-17(12-23-26)16(10-18(25-20)19-7-5-9-28-19)21(27)24-14(3)15-6-4-8-22-11-15/h4-14H,1-3H3,(H,24,27). The summed E-state index contributed by atoms with van der Waals surface area (Å²) in [6, 6.07) is 9.09. The van der Waals surface area contributed by atoms with Crippen molar-refractivity contribution in [2.45, 2.75) is 32.9 Å². The summed E-state index contributed by atoms with van der Waals surface area (Å²) in [5, 5.41) is 8.18. The van der Waals surface area contributed by atoms with Gasteiger partial charge in [-0.2, -0.15) is 5.10 Å². The summed E-state index contributed by atoms with van der Waals surface area (Å²) in [5.41, 5.74) is 2.70. The van der Waals surface area contributed by atoms with Gasteiger partial charge >= 0.3 is 0 Å². The number of pyridine rings is 2. The molecule has 0 aliphatic carbocycles. The average Bonchev–Trinajstić information content (AvgIpc) is 3.37. The van der Waals surface area contributed by atoms with E-state index in [1.165, 1.54) is 0 Å². The fourth-order valence-electron chi connectivity index (χ4n) is 3.12. The largest absolute Gasteiger partial charge is 0.463 e. The molecule has 0 aliphatic heterocycles. The number of carbonyl (C=O) groups is 1. The Morgan fingerprint density at radius 3 is 2.71 bits per heavy atom. The fraction of sp³-hybridized carbons (Fsp3) is 0.238. The Bertz CT molecular complexity index is 1100. The molecule has 0 saturated heterocycles. The van der Waals surface area contributed by atoms with Crippen LogP contribution in [0.3, 0.4) is 0 Å². The molecule has 0 spiro atoms. The van der Waals surface area contributed by atoms with Gasteiger partial charge in [-0.1, -0.05) is 6.07 Å². The van der Waals surface area contributed by atoms with Gasteiger partial charge in [0.15, 0.2) is 11.4 Å². The fourth-order valence-corrected chi connectivity index (χ4v) is 3.12. The van der Waals surface area contributed by atoms with E-state index in [1.807, 2.05) is 43.7 Å². The zero-order valence-electron chi connectivity index (χ0n) is 16.0. The van der Waals surface area contributed by atoms with Crippen LogP contribution in [0, 0.1) is 0 Å². The second kappa shape index (κ2) is 7.26. The zero-order chi connectivity index (χ0) is 19.7. The van der Waals surface area contributed by atoms with Gasteiger partial charge < -0.3 is 9.73 Å². The van der Waals surface area contributed by atoms with Crippen molar-refractivity contribution >= 4 is 16.9 Å². The van der Waals surface area contributed by atoms with Crippen LogP contribution in [-0.4, -0.2) is 25.7 Å². The number of aromatic nitrogens is 4. The summed E-state index contributed by atoms with van der Waals surface area (Å²) in [5.74, 6) is 0.410. The van der Waals surface area contributed by atoms with Crippen LogP contribution in [-0.2, 0) is 0 Å². The highest BCUT2D eigenvalue weighted by atomic mass is 16.3. The van der Waals surface area contributed by atoms with Crippen LogP contribution in [0.1, 0.15) is 48.8 Å². The number of hydrogen-bond donors (Lipinski definition) is 1. The molecule has 0 aromatic carbocycles. The van der Waals surface area contributed by atoms with Crippen molar-refractivity contribution in [1.82, 2.24) is 25.1 Å². The lowest BCUT2D eigenvalue weighted by Gasteiger charge is -2.15. The molecular formula is C21H21N5O2.